The third-order valence-electron chi connectivity index (χ3n) is 19.3. The lowest BCUT2D eigenvalue weighted by Crippen LogP contribution is -2.27. The molecule has 3 aliphatic carbocycles. The maximum atomic E-state index is 5.30. The number of benzene rings is 13. The summed E-state index contributed by atoms with van der Waals surface area (Å²) >= 11 is 0. The van der Waals surface area contributed by atoms with E-state index in [4.69, 9.17) is 29.9 Å². The van der Waals surface area contributed by atoms with Crippen molar-refractivity contribution in [3.63, 3.8) is 0 Å². The molecule has 0 fully saturated rings. The van der Waals surface area contributed by atoms with Crippen molar-refractivity contribution in [1.82, 2.24) is 39.0 Å². The molecule has 13 aromatic carbocycles. The first-order valence-corrected chi connectivity index (χ1v) is 32.0. The summed E-state index contributed by atoms with van der Waals surface area (Å²) in [6.07, 6.45) is 0. The average Bonchev–Trinajstić information content (AvgIpc) is 0.980. The van der Waals surface area contributed by atoms with Crippen LogP contribution in [0.5, 0.6) is 0 Å². The van der Waals surface area contributed by atoms with Crippen LogP contribution >= 0.6 is 0 Å². The van der Waals surface area contributed by atoms with E-state index in [9.17, 15) is 0 Å². The van der Waals surface area contributed by atoms with Gasteiger partial charge in [0.2, 0.25) is 0 Å². The summed E-state index contributed by atoms with van der Waals surface area (Å²) in [5, 5.41) is 4.80. The topological polar surface area (TPSA) is 87.2 Å². The van der Waals surface area contributed by atoms with E-state index in [1.54, 1.807) is 0 Å². The number of nitrogens with zero attached hydrogens (tertiary/aromatic N) is 8. The van der Waals surface area contributed by atoms with Gasteiger partial charge in [0.05, 0.1) is 33.4 Å². The van der Waals surface area contributed by atoms with Gasteiger partial charge in [-0.25, -0.2) is 29.9 Å². The van der Waals surface area contributed by atoms with E-state index in [-0.39, 0.29) is 11.8 Å². The monoisotopic (exact) mass is 1200 g/mol. The molecule has 0 spiro atoms. The standard InChI is InChI=1S/C86H54N8/c1-3-21-55(22-4-1)81-87-83(91-85(89-81)69-31-13-19-37-77(69)93-73-33-15-9-25-61(73)62-26-10-16-34-74(62)93)57-43-39-53(40-44-57)59-47-49-67-71(51-59)79-65-29-7-8-30-66(65)80(67)72-52-60(48-50-68(72)79)54-41-45-58(46-42-54)84-88-82(56-23-5-2-6-24-56)90-86(92-84)70-32-14-20-38-78(70)94-75-35-17-11-27-63(75)64-28-12-18-36-76(64)94/h1-52,79-80H. The summed E-state index contributed by atoms with van der Waals surface area (Å²) in [4.78, 5) is 31.4. The third-order valence-corrected chi connectivity index (χ3v) is 19.3. The molecule has 3 aliphatic rings. The predicted molar refractivity (Wildman–Crippen MR) is 380 cm³/mol. The van der Waals surface area contributed by atoms with E-state index in [0.717, 1.165) is 77.9 Å². The van der Waals surface area contributed by atoms with Crippen LogP contribution < -0.4 is 0 Å². The quantitative estimate of drug-likeness (QED) is 0.136. The highest BCUT2D eigenvalue weighted by atomic mass is 15.1. The molecule has 8 heteroatoms. The number of hydrogen-bond donors (Lipinski definition) is 0. The summed E-state index contributed by atoms with van der Waals surface area (Å²) in [5.41, 5.74) is 24.8. The Balaban J connectivity index is 0.649. The minimum atomic E-state index is 0.0872. The Morgan fingerprint density at radius 1 is 0.191 bits per heavy atom. The van der Waals surface area contributed by atoms with Crippen molar-refractivity contribution in [3.05, 3.63) is 349 Å². The van der Waals surface area contributed by atoms with Crippen molar-refractivity contribution in [1.29, 1.82) is 0 Å². The first kappa shape index (κ1) is 53.3. The highest BCUT2D eigenvalue weighted by Crippen LogP contribution is 2.57. The lowest BCUT2D eigenvalue weighted by Gasteiger charge is -2.42. The summed E-state index contributed by atoms with van der Waals surface area (Å²) in [6, 6.07) is 112. The minimum absolute atomic E-state index is 0.0872. The van der Waals surface area contributed by atoms with Crippen LogP contribution in [0.1, 0.15) is 45.2 Å². The molecule has 17 aromatic rings. The number of rotatable bonds is 10. The Hall–Kier alpha value is -12.5. The van der Waals surface area contributed by atoms with Crippen LogP contribution in [0.3, 0.4) is 0 Å². The molecule has 2 atom stereocenters. The Morgan fingerprint density at radius 3 is 0.830 bits per heavy atom. The number of aromatic nitrogens is 8. The van der Waals surface area contributed by atoms with Gasteiger partial charge in [-0.05, 0) is 116 Å². The zero-order chi connectivity index (χ0) is 61.8. The molecule has 94 heavy (non-hydrogen) atoms. The largest absolute Gasteiger partial charge is 0.309 e. The second-order valence-corrected chi connectivity index (χ2v) is 24.5. The molecule has 2 bridgehead atoms. The minimum Gasteiger partial charge on any atom is -0.309 e. The summed E-state index contributed by atoms with van der Waals surface area (Å²) in [6.45, 7) is 0. The molecular formula is C86H54N8. The first-order valence-electron chi connectivity index (χ1n) is 32.0. The fourth-order valence-electron chi connectivity index (χ4n) is 15.0. The van der Waals surface area contributed by atoms with Gasteiger partial charge in [-0.15, -0.1) is 0 Å². The van der Waals surface area contributed by atoms with Gasteiger partial charge < -0.3 is 9.13 Å². The lowest BCUT2D eigenvalue weighted by molar-refractivity contribution is 0.755. The van der Waals surface area contributed by atoms with Gasteiger partial charge in [0, 0.05) is 66.8 Å². The van der Waals surface area contributed by atoms with Crippen molar-refractivity contribution in [2.45, 2.75) is 11.8 Å². The lowest BCUT2D eigenvalue weighted by atomic mass is 9.60. The van der Waals surface area contributed by atoms with Crippen LogP contribution in [0.15, 0.2) is 315 Å². The third kappa shape index (κ3) is 8.61. The molecule has 0 N–H and O–H groups in total. The van der Waals surface area contributed by atoms with E-state index < -0.39 is 0 Å². The van der Waals surface area contributed by atoms with Crippen LogP contribution in [-0.2, 0) is 0 Å². The van der Waals surface area contributed by atoms with E-state index in [0.29, 0.717) is 34.9 Å². The Kier molecular flexibility index (Phi) is 12.2. The zero-order valence-electron chi connectivity index (χ0n) is 50.8. The molecule has 20 rings (SSSR count). The molecule has 8 nitrogen and oxygen atoms in total. The summed E-state index contributed by atoms with van der Waals surface area (Å²) < 4.78 is 4.68. The van der Waals surface area contributed by atoms with Gasteiger partial charge >= 0.3 is 0 Å². The average molecular weight is 1200 g/mol. The fraction of sp³-hybridized carbons (Fsp3) is 0.0233. The van der Waals surface area contributed by atoms with Crippen LogP contribution in [0.2, 0.25) is 0 Å². The molecule has 0 saturated heterocycles. The molecule has 2 unspecified atom stereocenters. The van der Waals surface area contributed by atoms with Crippen LogP contribution in [0.25, 0.3) is 146 Å². The SMILES string of the molecule is c1ccc(-c2nc(-c3ccc(-c4ccc5c(c4)C4c6ccccc6C5c5cc(-c6ccc(-c7nc(-c8ccccc8)nc(-c8ccccc8-n8c9ccccc9c9ccccc98)n7)cc6)ccc54)cc3)nc(-c3ccccc3-n3c4ccccc4c4ccccc43)n2)cc1. The van der Waals surface area contributed by atoms with Gasteiger partial charge in [0.15, 0.2) is 34.9 Å². The Morgan fingerprint density at radius 2 is 0.457 bits per heavy atom. The van der Waals surface area contributed by atoms with Gasteiger partial charge in [0.25, 0.3) is 0 Å². The van der Waals surface area contributed by atoms with Gasteiger partial charge in [-0.3, -0.25) is 0 Å². The first-order chi connectivity index (χ1) is 46.6. The molecular weight excluding hydrogens is 1150 g/mol. The Bertz CT molecular complexity index is 5400. The van der Waals surface area contributed by atoms with Gasteiger partial charge in [0.1, 0.15) is 0 Å². The molecule has 0 amide bonds. The molecule has 0 saturated carbocycles. The van der Waals surface area contributed by atoms with Gasteiger partial charge in [-0.1, -0.05) is 255 Å². The smallest absolute Gasteiger partial charge is 0.166 e. The van der Waals surface area contributed by atoms with Crippen LogP contribution in [0.4, 0.5) is 0 Å². The zero-order valence-corrected chi connectivity index (χ0v) is 50.8. The number of fused-ring (bicyclic) bond motifs is 6. The van der Waals surface area contributed by atoms with Gasteiger partial charge in [-0.2, -0.15) is 0 Å². The van der Waals surface area contributed by atoms with E-state index in [1.165, 1.54) is 66.1 Å². The maximum absolute atomic E-state index is 5.30. The van der Waals surface area contributed by atoms with Crippen molar-refractivity contribution < 1.29 is 0 Å². The molecule has 0 radical (unpaired) electrons. The number of para-hydroxylation sites is 6. The molecule has 4 heterocycles. The van der Waals surface area contributed by atoms with E-state index in [2.05, 4.69) is 288 Å². The number of hydrogen-bond acceptors (Lipinski definition) is 6. The highest BCUT2D eigenvalue weighted by Gasteiger charge is 2.41. The molecule has 4 aromatic heterocycles. The van der Waals surface area contributed by atoms with Crippen LogP contribution in [-0.4, -0.2) is 39.0 Å². The molecule has 0 aliphatic heterocycles. The summed E-state index contributed by atoms with van der Waals surface area (Å²) in [7, 11) is 0. The van der Waals surface area contributed by atoms with E-state index >= 15 is 0 Å². The van der Waals surface area contributed by atoms with Crippen molar-refractivity contribution in [3.8, 4) is 102 Å². The second-order valence-electron chi connectivity index (χ2n) is 24.5. The van der Waals surface area contributed by atoms with Crippen molar-refractivity contribution in [2.24, 2.45) is 0 Å². The molecule has 438 valence electrons. The summed E-state index contributed by atoms with van der Waals surface area (Å²) in [5.74, 6) is 3.86. The fourth-order valence-corrected chi connectivity index (χ4v) is 15.0. The van der Waals surface area contributed by atoms with E-state index in [1.807, 2.05) is 36.4 Å². The Labute approximate surface area is 542 Å². The highest BCUT2D eigenvalue weighted by molar-refractivity contribution is 6.11. The van der Waals surface area contributed by atoms with Crippen molar-refractivity contribution in [2.75, 3.05) is 0 Å². The van der Waals surface area contributed by atoms with Crippen LogP contribution in [0, 0.1) is 0 Å². The predicted octanol–water partition coefficient (Wildman–Crippen LogP) is 20.6. The second kappa shape index (κ2) is 21.6. The van der Waals surface area contributed by atoms with Crippen molar-refractivity contribution >= 4 is 43.6 Å². The maximum Gasteiger partial charge on any atom is 0.166 e. The normalized spacial score (nSPS) is 13.7.